The summed E-state index contributed by atoms with van der Waals surface area (Å²) in [5, 5.41) is 6.60. The third-order valence-corrected chi connectivity index (χ3v) is 5.24. The third-order valence-electron chi connectivity index (χ3n) is 5.24. The molecule has 4 aromatic rings. The van der Waals surface area contributed by atoms with Crippen molar-refractivity contribution in [2.24, 2.45) is 5.10 Å². The van der Waals surface area contributed by atoms with E-state index in [1.54, 1.807) is 12.3 Å². The van der Waals surface area contributed by atoms with Crippen LogP contribution in [0.25, 0.3) is 16.5 Å². The molecular formula is C25H23N3O. The van der Waals surface area contributed by atoms with Crippen LogP contribution in [0.1, 0.15) is 32.9 Å². The summed E-state index contributed by atoms with van der Waals surface area (Å²) >= 11 is 0. The number of aryl methyl sites for hydroxylation is 2. The molecule has 0 bridgehead atoms. The number of fused-ring (bicyclic) bond motifs is 1. The second-order valence-electron chi connectivity index (χ2n) is 7.17. The standard InChI is InChI=1S/C25H23N3O/c1-17-9-4-6-12-22(17)25(29)27-26-16-21-15-18(2)28(19(21)3)24-14-8-11-20-10-5-7-13-23(20)24/h4-16H,1-3H3,(H,27,29)/b26-16-. The Morgan fingerprint density at radius 1 is 0.931 bits per heavy atom. The number of hydrogen-bond acceptors (Lipinski definition) is 2. The van der Waals surface area contributed by atoms with Gasteiger partial charge in [0.2, 0.25) is 0 Å². The summed E-state index contributed by atoms with van der Waals surface area (Å²) in [6, 6.07) is 24.3. The molecular weight excluding hydrogens is 358 g/mol. The maximum absolute atomic E-state index is 12.4. The van der Waals surface area contributed by atoms with Gasteiger partial charge in [-0.1, -0.05) is 54.6 Å². The van der Waals surface area contributed by atoms with E-state index in [-0.39, 0.29) is 5.91 Å². The molecule has 0 saturated carbocycles. The lowest BCUT2D eigenvalue weighted by Gasteiger charge is -2.13. The van der Waals surface area contributed by atoms with E-state index in [0.29, 0.717) is 5.56 Å². The van der Waals surface area contributed by atoms with Crippen LogP contribution in [0.3, 0.4) is 0 Å². The summed E-state index contributed by atoms with van der Waals surface area (Å²) in [6.07, 6.45) is 1.71. The first-order valence-electron chi connectivity index (χ1n) is 9.62. The van der Waals surface area contributed by atoms with Crippen LogP contribution < -0.4 is 5.43 Å². The van der Waals surface area contributed by atoms with E-state index in [0.717, 1.165) is 28.2 Å². The topological polar surface area (TPSA) is 46.4 Å². The summed E-state index contributed by atoms with van der Waals surface area (Å²) in [7, 11) is 0. The summed E-state index contributed by atoms with van der Waals surface area (Å²) in [5.74, 6) is -0.206. The molecule has 1 heterocycles. The Bertz CT molecular complexity index is 1230. The van der Waals surface area contributed by atoms with Gasteiger partial charge in [-0.15, -0.1) is 0 Å². The summed E-state index contributed by atoms with van der Waals surface area (Å²) in [6.45, 7) is 6.06. The van der Waals surface area contributed by atoms with Gasteiger partial charge in [0, 0.05) is 27.9 Å². The van der Waals surface area contributed by atoms with Crippen LogP contribution in [-0.2, 0) is 0 Å². The smallest absolute Gasteiger partial charge is 0.271 e. The van der Waals surface area contributed by atoms with E-state index in [9.17, 15) is 4.79 Å². The first-order valence-corrected chi connectivity index (χ1v) is 9.62. The SMILES string of the molecule is Cc1ccccc1C(=O)N/N=C\c1cc(C)n(-c2cccc3ccccc23)c1C. The van der Waals surface area contributed by atoms with Crippen molar-refractivity contribution in [3.05, 3.63) is 101 Å². The van der Waals surface area contributed by atoms with Gasteiger partial charge in [-0.25, -0.2) is 5.43 Å². The lowest BCUT2D eigenvalue weighted by Crippen LogP contribution is -2.18. The average molecular weight is 381 g/mol. The molecule has 0 atom stereocenters. The number of amides is 1. The van der Waals surface area contributed by atoms with Gasteiger partial charge in [0.1, 0.15) is 0 Å². The number of benzene rings is 3. The fraction of sp³-hybridized carbons (Fsp3) is 0.120. The van der Waals surface area contributed by atoms with E-state index < -0.39 is 0 Å². The monoisotopic (exact) mass is 381 g/mol. The Hall–Kier alpha value is -3.66. The van der Waals surface area contributed by atoms with Gasteiger partial charge in [0.15, 0.2) is 0 Å². The van der Waals surface area contributed by atoms with Crippen LogP contribution in [0.4, 0.5) is 0 Å². The molecule has 1 amide bonds. The summed E-state index contributed by atoms with van der Waals surface area (Å²) < 4.78 is 2.23. The Morgan fingerprint density at radius 3 is 2.48 bits per heavy atom. The highest BCUT2D eigenvalue weighted by atomic mass is 16.2. The largest absolute Gasteiger partial charge is 0.317 e. The van der Waals surface area contributed by atoms with Crippen LogP contribution in [0.15, 0.2) is 77.9 Å². The van der Waals surface area contributed by atoms with Crippen molar-refractivity contribution in [3.8, 4) is 5.69 Å². The third kappa shape index (κ3) is 3.57. The quantitative estimate of drug-likeness (QED) is 0.377. The molecule has 1 N–H and O–H groups in total. The van der Waals surface area contributed by atoms with Crippen LogP contribution in [0, 0.1) is 20.8 Å². The van der Waals surface area contributed by atoms with Gasteiger partial charge in [-0.2, -0.15) is 5.10 Å². The van der Waals surface area contributed by atoms with Crippen LogP contribution >= 0.6 is 0 Å². The van der Waals surface area contributed by atoms with Crippen molar-refractivity contribution in [3.63, 3.8) is 0 Å². The van der Waals surface area contributed by atoms with Crippen molar-refractivity contribution >= 4 is 22.9 Å². The lowest BCUT2D eigenvalue weighted by atomic mass is 10.1. The van der Waals surface area contributed by atoms with Crippen LogP contribution in [0.2, 0.25) is 0 Å². The highest BCUT2D eigenvalue weighted by Gasteiger charge is 2.12. The lowest BCUT2D eigenvalue weighted by molar-refractivity contribution is 0.0954. The van der Waals surface area contributed by atoms with Gasteiger partial charge in [0.05, 0.1) is 11.9 Å². The Balaban J connectivity index is 1.63. The summed E-state index contributed by atoms with van der Waals surface area (Å²) in [5.41, 5.74) is 8.50. The molecule has 0 aliphatic rings. The van der Waals surface area contributed by atoms with Gasteiger partial charge in [-0.05, 0) is 49.9 Å². The van der Waals surface area contributed by atoms with E-state index in [1.165, 1.54) is 10.8 Å². The Kier molecular flexibility index (Phi) is 5.00. The van der Waals surface area contributed by atoms with Gasteiger partial charge < -0.3 is 4.57 Å². The number of nitrogens with one attached hydrogen (secondary N) is 1. The normalized spacial score (nSPS) is 11.3. The molecule has 1 aromatic heterocycles. The zero-order chi connectivity index (χ0) is 20.4. The fourth-order valence-electron chi connectivity index (χ4n) is 3.74. The molecule has 0 radical (unpaired) electrons. The Labute approximate surface area is 170 Å². The first kappa shape index (κ1) is 18.7. The van der Waals surface area contributed by atoms with E-state index in [4.69, 9.17) is 0 Å². The fourth-order valence-corrected chi connectivity index (χ4v) is 3.74. The molecule has 144 valence electrons. The van der Waals surface area contributed by atoms with Crippen molar-refractivity contribution in [1.82, 2.24) is 9.99 Å². The van der Waals surface area contributed by atoms with Gasteiger partial charge in [-0.3, -0.25) is 4.79 Å². The predicted octanol–water partition coefficient (Wildman–Crippen LogP) is 5.32. The second kappa shape index (κ2) is 7.76. The predicted molar refractivity (Wildman–Crippen MR) is 119 cm³/mol. The van der Waals surface area contributed by atoms with Gasteiger partial charge in [0.25, 0.3) is 5.91 Å². The molecule has 0 fully saturated rings. The number of hydrazone groups is 1. The number of carbonyl (C=O) groups is 1. The molecule has 0 spiro atoms. The minimum absolute atomic E-state index is 0.206. The van der Waals surface area contributed by atoms with Crippen molar-refractivity contribution in [2.75, 3.05) is 0 Å². The zero-order valence-corrected chi connectivity index (χ0v) is 16.8. The second-order valence-corrected chi connectivity index (χ2v) is 7.17. The molecule has 0 aliphatic heterocycles. The number of hydrogen-bond donors (Lipinski definition) is 1. The maximum Gasteiger partial charge on any atom is 0.271 e. The van der Waals surface area contributed by atoms with Crippen LogP contribution in [0.5, 0.6) is 0 Å². The van der Waals surface area contributed by atoms with E-state index >= 15 is 0 Å². The first-order chi connectivity index (χ1) is 14.1. The highest BCUT2D eigenvalue weighted by Crippen LogP contribution is 2.26. The van der Waals surface area contributed by atoms with Crippen molar-refractivity contribution in [1.29, 1.82) is 0 Å². The summed E-state index contributed by atoms with van der Waals surface area (Å²) in [4.78, 5) is 12.4. The maximum atomic E-state index is 12.4. The number of rotatable bonds is 4. The van der Waals surface area contributed by atoms with Gasteiger partial charge >= 0.3 is 0 Å². The van der Waals surface area contributed by atoms with E-state index in [2.05, 4.69) is 77.5 Å². The van der Waals surface area contributed by atoms with Crippen LogP contribution in [-0.4, -0.2) is 16.7 Å². The van der Waals surface area contributed by atoms with Crippen molar-refractivity contribution in [2.45, 2.75) is 20.8 Å². The number of carbonyl (C=O) groups excluding carboxylic acids is 1. The molecule has 0 aliphatic carbocycles. The molecule has 0 unspecified atom stereocenters. The van der Waals surface area contributed by atoms with Crippen molar-refractivity contribution < 1.29 is 4.79 Å². The molecule has 29 heavy (non-hydrogen) atoms. The molecule has 4 nitrogen and oxygen atoms in total. The molecule has 4 rings (SSSR count). The van der Waals surface area contributed by atoms with E-state index in [1.807, 2.05) is 25.1 Å². The highest BCUT2D eigenvalue weighted by molar-refractivity contribution is 5.96. The molecule has 0 saturated heterocycles. The number of nitrogens with zero attached hydrogens (tertiary/aromatic N) is 2. The minimum Gasteiger partial charge on any atom is -0.317 e. The zero-order valence-electron chi connectivity index (χ0n) is 16.8. The number of aromatic nitrogens is 1. The average Bonchev–Trinajstić information content (AvgIpc) is 3.01. The minimum atomic E-state index is -0.206. The molecule has 3 aromatic carbocycles. The Morgan fingerprint density at radius 2 is 1.66 bits per heavy atom. The molecule has 4 heteroatoms.